The summed E-state index contributed by atoms with van der Waals surface area (Å²) in [7, 11) is -3.59. The molecule has 1 atom stereocenters. The van der Waals surface area contributed by atoms with Crippen LogP contribution in [0.4, 0.5) is 0 Å². The van der Waals surface area contributed by atoms with Crippen molar-refractivity contribution in [1.29, 1.82) is 0 Å². The first kappa shape index (κ1) is 19.6. The van der Waals surface area contributed by atoms with Crippen LogP contribution < -0.4 is 10.2 Å². The number of piperazine rings is 1. The van der Waals surface area contributed by atoms with Crippen LogP contribution >= 0.6 is 11.6 Å². The van der Waals surface area contributed by atoms with E-state index in [2.05, 4.69) is 5.32 Å². The number of carbonyl (C=O) groups excluding carboxylic acids is 1. The van der Waals surface area contributed by atoms with E-state index in [1.54, 1.807) is 18.2 Å². The molecule has 0 spiro atoms. The molecule has 2 aliphatic rings. The van der Waals surface area contributed by atoms with Crippen molar-refractivity contribution in [3.8, 4) is 0 Å². The minimum atomic E-state index is -3.59. The Balaban J connectivity index is 1.58. The second-order valence-corrected chi connectivity index (χ2v) is 9.52. The van der Waals surface area contributed by atoms with Crippen LogP contribution in [0.25, 0.3) is 0 Å². The zero-order valence-corrected chi connectivity index (χ0v) is 16.7. The van der Waals surface area contributed by atoms with Crippen molar-refractivity contribution in [2.75, 3.05) is 26.2 Å². The van der Waals surface area contributed by atoms with Crippen LogP contribution in [-0.4, -0.2) is 56.9 Å². The number of carbonyl (C=O) groups is 1. The molecule has 1 saturated heterocycles. The highest BCUT2D eigenvalue weighted by Gasteiger charge is 2.35. The van der Waals surface area contributed by atoms with Gasteiger partial charge in [-0.2, -0.15) is 4.31 Å². The zero-order chi connectivity index (χ0) is 18.7. The van der Waals surface area contributed by atoms with Gasteiger partial charge in [0.25, 0.3) is 5.91 Å². The van der Waals surface area contributed by atoms with Gasteiger partial charge in [0, 0.05) is 6.04 Å². The van der Waals surface area contributed by atoms with E-state index in [-0.39, 0.29) is 21.9 Å². The number of amides is 1. The van der Waals surface area contributed by atoms with E-state index >= 15 is 0 Å². The Kier molecular flexibility index (Phi) is 6.22. The predicted octanol–water partition coefficient (Wildman–Crippen LogP) is 0.677. The quantitative estimate of drug-likeness (QED) is 0.763. The maximum atomic E-state index is 12.8. The summed E-state index contributed by atoms with van der Waals surface area (Å²) in [6.07, 6.45) is 4.50. The van der Waals surface area contributed by atoms with Crippen LogP contribution in [0.3, 0.4) is 0 Å². The van der Waals surface area contributed by atoms with Crippen molar-refractivity contribution >= 4 is 27.5 Å². The molecule has 6 nitrogen and oxygen atoms in total. The lowest BCUT2D eigenvalue weighted by atomic mass is 10.2. The summed E-state index contributed by atoms with van der Waals surface area (Å²) in [5, 5.41) is 3.38. The number of hydrogen-bond donors (Lipinski definition) is 2. The van der Waals surface area contributed by atoms with Crippen LogP contribution in [-0.2, 0) is 14.8 Å². The summed E-state index contributed by atoms with van der Waals surface area (Å²) < 4.78 is 27.1. The summed E-state index contributed by atoms with van der Waals surface area (Å²) in [4.78, 5) is 13.7. The first-order valence-corrected chi connectivity index (χ1v) is 11.1. The van der Waals surface area contributed by atoms with Crippen molar-refractivity contribution in [2.45, 2.75) is 49.6 Å². The lowest BCUT2D eigenvalue weighted by molar-refractivity contribution is -0.917. The summed E-state index contributed by atoms with van der Waals surface area (Å²) in [6.45, 7) is 3.94. The maximum Gasteiger partial charge on any atom is 0.278 e. The summed E-state index contributed by atoms with van der Waals surface area (Å²) in [6, 6.07) is 6.66. The fourth-order valence-corrected chi connectivity index (χ4v) is 5.76. The molecule has 2 fully saturated rings. The van der Waals surface area contributed by atoms with Crippen molar-refractivity contribution in [3.05, 3.63) is 29.3 Å². The molecule has 0 unspecified atom stereocenters. The molecular formula is C18H27ClN3O3S+. The second-order valence-electron chi connectivity index (χ2n) is 7.20. The fraction of sp³-hybridized carbons (Fsp3) is 0.611. The highest BCUT2D eigenvalue weighted by Crippen LogP contribution is 2.24. The molecule has 3 rings (SSSR count). The number of nitrogens with one attached hydrogen (secondary N) is 2. The number of halogens is 1. The van der Waals surface area contributed by atoms with Crippen LogP contribution in [0.1, 0.15) is 32.6 Å². The Morgan fingerprint density at radius 1 is 1.23 bits per heavy atom. The largest absolute Gasteiger partial charge is 0.348 e. The molecule has 1 amide bonds. The fourth-order valence-electron chi connectivity index (χ4n) is 3.82. The molecular weight excluding hydrogens is 374 g/mol. The monoisotopic (exact) mass is 400 g/mol. The number of sulfonamides is 1. The van der Waals surface area contributed by atoms with Gasteiger partial charge in [-0.3, -0.25) is 4.79 Å². The van der Waals surface area contributed by atoms with Gasteiger partial charge in [0.05, 0.1) is 31.2 Å². The summed E-state index contributed by atoms with van der Waals surface area (Å²) >= 11 is 6.07. The van der Waals surface area contributed by atoms with E-state index < -0.39 is 10.0 Å². The van der Waals surface area contributed by atoms with Crippen molar-refractivity contribution < 1.29 is 18.1 Å². The van der Waals surface area contributed by atoms with Crippen molar-refractivity contribution in [2.24, 2.45) is 0 Å². The molecule has 144 valence electrons. The van der Waals surface area contributed by atoms with Gasteiger partial charge < -0.3 is 10.2 Å². The number of rotatable bonds is 5. The molecule has 1 aliphatic carbocycles. The average Bonchev–Trinajstić information content (AvgIpc) is 3.14. The third-order valence-corrected chi connectivity index (χ3v) is 7.92. The predicted molar refractivity (Wildman–Crippen MR) is 101 cm³/mol. The van der Waals surface area contributed by atoms with E-state index in [0.717, 1.165) is 17.7 Å². The van der Waals surface area contributed by atoms with Crippen molar-refractivity contribution in [3.63, 3.8) is 0 Å². The van der Waals surface area contributed by atoms with Gasteiger partial charge in [0.1, 0.15) is 4.90 Å². The minimum Gasteiger partial charge on any atom is -0.348 e. The summed E-state index contributed by atoms with van der Waals surface area (Å²) in [5.41, 5.74) is 0. The zero-order valence-electron chi connectivity index (χ0n) is 15.1. The van der Waals surface area contributed by atoms with E-state index in [1.165, 1.54) is 23.2 Å². The van der Waals surface area contributed by atoms with Crippen LogP contribution in [0.15, 0.2) is 29.2 Å². The second kappa shape index (κ2) is 8.25. The van der Waals surface area contributed by atoms with Gasteiger partial charge >= 0.3 is 0 Å². The number of quaternary nitrogens is 1. The third kappa shape index (κ3) is 4.22. The molecule has 2 N–H and O–H groups in total. The molecule has 1 aromatic rings. The molecule has 1 heterocycles. The van der Waals surface area contributed by atoms with Gasteiger partial charge in [0.2, 0.25) is 10.0 Å². The van der Waals surface area contributed by atoms with Crippen molar-refractivity contribution in [1.82, 2.24) is 9.62 Å². The number of hydrogen-bond acceptors (Lipinski definition) is 3. The molecule has 1 saturated carbocycles. The first-order valence-electron chi connectivity index (χ1n) is 9.29. The Hall–Kier alpha value is -1.15. The smallest absolute Gasteiger partial charge is 0.278 e. The highest BCUT2D eigenvalue weighted by molar-refractivity contribution is 7.89. The Morgan fingerprint density at radius 3 is 2.46 bits per heavy atom. The molecule has 26 heavy (non-hydrogen) atoms. The van der Waals surface area contributed by atoms with Gasteiger partial charge in [-0.1, -0.05) is 36.6 Å². The Bertz CT molecular complexity index is 742. The average molecular weight is 401 g/mol. The van der Waals surface area contributed by atoms with Gasteiger partial charge in [-0.05, 0) is 31.9 Å². The van der Waals surface area contributed by atoms with Crippen LogP contribution in [0.2, 0.25) is 5.02 Å². The number of benzene rings is 1. The first-order chi connectivity index (χ1) is 12.4. The third-order valence-electron chi connectivity index (χ3n) is 5.53. The van der Waals surface area contributed by atoms with Crippen LogP contribution in [0.5, 0.6) is 0 Å². The SMILES string of the molecule is C[C@H](C(=O)NC1CCCC1)[NH+]1CCN(S(=O)(=O)c2ccccc2Cl)CC1. The number of nitrogens with zero attached hydrogens (tertiary/aromatic N) is 1. The Morgan fingerprint density at radius 2 is 1.85 bits per heavy atom. The molecule has 1 aliphatic heterocycles. The van der Waals surface area contributed by atoms with Gasteiger partial charge in [-0.25, -0.2) is 8.42 Å². The topological polar surface area (TPSA) is 70.9 Å². The van der Waals surface area contributed by atoms with Gasteiger partial charge in [0.15, 0.2) is 6.04 Å². The van der Waals surface area contributed by atoms with E-state index in [9.17, 15) is 13.2 Å². The Labute approximate surface area is 160 Å². The molecule has 0 bridgehead atoms. The van der Waals surface area contributed by atoms with Gasteiger partial charge in [-0.15, -0.1) is 0 Å². The minimum absolute atomic E-state index is 0.0781. The normalized spacial score (nSPS) is 21.6. The van der Waals surface area contributed by atoms with E-state index in [1.807, 2.05) is 6.92 Å². The molecule has 1 aromatic carbocycles. The standard InChI is InChI=1S/C18H26ClN3O3S/c1-14(18(23)20-15-6-2-3-7-15)21-10-12-22(13-11-21)26(24,25)17-9-5-4-8-16(17)19/h4-5,8-9,14-15H,2-3,6-7,10-13H2,1H3,(H,20,23)/p+1/t14-/m1/s1. The molecule has 8 heteroatoms. The van der Waals surface area contributed by atoms with E-state index in [4.69, 9.17) is 11.6 Å². The summed E-state index contributed by atoms with van der Waals surface area (Å²) in [5.74, 6) is 0.0781. The molecule has 0 aromatic heterocycles. The van der Waals surface area contributed by atoms with Crippen LogP contribution in [0, 0.1) is 0 Å². The highest BCUT2D eigenvalue weighted by atomic mass is 35.5. The molecule has 0 radical (unpaired) electrons. The lowest BCUT2D eigenvalue weighted by Gasteiger charge is -2.34. The maximum absolute atomic E-state index is 12.8. The van der Waals surface area contributed by atoms with E-state index in [0.29, 0.717) is 32.2 Å². The lowest BCUT2D eigenvalue weighted by Crippen LogP contribution is -3.19.